The van der Waals surface area contributed by atoms with Crippen molar-refractivity contribution in [3.63, 3.8) is 0 Å². The third-order valence-electron chi connectivity index (χ3n) is 0.872. The molecule has 0 aromatic carbocycles. The fourth-order valence-corrected chi connectivity index (χ4v) is 0.418. The Morgan fingerprint density at radius 3 is 1.53 bits per heavy atom. The molecule has 0 saturated carbocycles. The van der Waals surface area contributed by atoms with E-state index in [9.17, 15) is 4.79 Å². The molecule has 0 aliphatic heterocycles. The van der Waals surface area contributed by atoms with Crippen molar-refractivity contribution in [3.8, 4) is 0 Å². The molecule has 1 N–H and O–H groups in total. The molecular formula is C9H19Cl3O3. The lowest BCUT2D eigenvalue weighted by Crippen LogP contribution is -1.90. The van der Waals surface area contributed by atoms with Crippen LogP contribution in [0.1, 0.15) is 33.6 Å². The Balaban J connectivity index is -0.000000147. The van der Waals surface area contributed by atoms with Crippen molar-refractivity contribution in [1.82, 2.24) is 0 Å². The first-order valence-electron chi connectivity index (χ1n) is 4.63. The Kier molecular flexibility index (Phi) is 27.3. The van der Waals surface area contributed by atoms with Gasteiger partial charge in [-0.05, 0) is 20.3 Å². The maximum absolute atomic E-state index is 9.60. The molecule has 0 amide bonds. The average molecular weight is 282 g/mol. The van der Waals surface area contributed by atoms with E-state index in [-0.39, 0.29) is 0 Å². The second kappa shape index (κ2) is 19.8. The summed E-state index contributed by atoms with van der Waals surface area (Å²) >= 11 is 14.4. The second-order valence-electron chi connectivity index (χ2n) is 2.17. The Morgan fingerprint density at radius 2 is 1.53 bits per heavy atom. The highest BCUT2D eigenvalue weighted by molar-refractivity contribution is 6.63. The molecule has 0 saturated heterocycles. The molecule has 0 bridgehead atoms. The molecule has 0 aliphatic rings. The van der Waals surface area contributed by atoms with E-state index >= 15 is 0 Å². The van der Waals surface area contributed by atoms with E-state index in [1.54, 1.807) is 0 Å². The molecule has 0 fully saturated rings. The van der Waals surface area contributed by atoms with Crippen molar-refractivity contribution in [2.75, 3.05) is 13.2 Å². The van der Waals surface area contributed by atoms with Crippen molar-refractivity contribution in [2.45, 2.75) is 37.9 Å². The first kappa shape index (κ1) is 20.7. The zero-order valence-electron chi connectivity index (χ0n) is 9.30. The zero-order chi connectivity index (χ0) is 12.7. The first-order valence-corrected chi connectivity index (χ1v) is 5.94. The fourth-order valence-electron chi connectivity index (χ4n) is 0.418. The summed E-state index contributed by atoms with van der Waals surface area (Å²) in [6.45, 7) is 7.51. The second-order valence-corrected chi connectivity index (χ2v) is 4.15. The van der Waals surface area contributed by atoms with E-state index in [0.717, 1.165) is 19.6 Å². The van der Waals surface area contributed by atoms with Gasteiger partial charge in [0, 0.05) is 19.6 Å². The minimum absolute atomic E-state index is 0.292. The lowest BCUT2D eigenvalue weighted by atomic mass is 10.4. The zero-order valence-corrected chi connectivity index (χ0v) is 11.6. The van der Waals surface area contributed by atoms with Gasteiger partial charge in [0.15, 0.2) is 4.30 Å². The van der Waals surface area contributed by atoms with Crippen LogP contribution in [0, 0.1) is 0 Å². The van der Waals surface area contributed by atoms with Crippen molar-refractivity contribution in [3.05, 3.63) is 0 Å². The highest BCUT2D eigenvalue weighted by atomic mass is 35.6. The predicted octanol–water partition coefficient (Wildman–Crippen LogP) is 3.90. The number of ether oxygens (including phenoxy) is 1. The summed E-state index contributed by atoms with van der Waals surface area (Å²) in [6, 6.07) is 0. The van der Waals surface area contributed by atoms with E-state index in [0.29, 0.717) is 6.42 Å². The van der Waals surface area contributed by atoms with Crippen LogP contribution in [0.3, 0.4) is 0 Å². The molecule has 6 heteroatoms. The van der Waals surface area contributed by atoms with Crippen LogP contribution >= 0.6 is 34.8 Å². The van der Waals surface area contributed by atoms with Gasteiger partial charge >= 0.3 is 5.97 Å². The normalized spacial score (nSPS) is 8.47. The van der Waals surface area contributed by atoms with Crippen LogP contribution in [-0.4, -0.2) is 28.6 Å². The van der Waals surface area contributed by atoms with Gasteiger partial charge in [0.25, 0.3) is 0 Å². The first-order chi connectivity index (χ1) is 6.92. The smallest absolute Gasteiger partial charge is 0.303 e. The van der Waals surface area contributed by atoms with Gasteiger partial charge in [-0.3, -0.25) is 4.79 Å². The molecule has 0 aromatic rings. The lowest BCUT2D eigenvalue weighted by molar-refractivity contribution is -0.137. The van der Waals surface area contributed by atoms with Gasteiger partial charge in [-0.25, -0.2) is 0 Å². The van der Waals surface area contributed by atoms with E-state index in [2.05, 4.69) is 0 Å². The maximum Gasteiger partial charge on any atom is 0.303 e. The van der Waals surface area contributed by atoms with Crippen LogP contribution in [-0.2, 0) is 9.53 Å². The Hall–Kier alpha value is 0.300. The van der Waals surface area contributed by atoms with Crippen LogP contribution in [0.2, 0.25) is 0 Å². The van der Waals surface area contributed by atoms with E-state index in [1.165, 1.54) is 0 Å². The van der Waals surface area contributed by atoms with E-state index in [1.807, 2.05) is 20.8 Å². The van der Waals surface area contributed by atoms with Gasteiger partial charge in [0.2, 0.25) is 0 Å². The molecule has 0 rings (SSSR count). The summed E-state index contributed by atoms with van der Waals surface area (Å²) in [5, 5.41) is 7.91. The Labute approximate surface area is 107 Å². The monoisotopic (exact) mass is 280 g/mol. The van der Waals surface area contributed by atoms with Crippen LogP contribution in [0.25, 0.3) is 0 Å². The van der Waals surface area contributed by atoms with Crippen molar-refractivity contribution in [1.29, 1.82) is 0 Å². The third kappa shape index (κ3) is 77.0. The van der Waals surface area contributed by atoms with Gasteiger partial charge in [-0.15, -0.1) is 0 Å². The molecule has 15 heavy (non-hydrogen) atoms. The molecule has 0 unspecified atom stereocenters. The summed E-state index contributed by atoms with van der Waals surface area (Å²) in [5.41, 5.74) is 0. The standard InChI is InChI=1S/C4H8O2.C4H10O.CHCl3/c1-2-3-4(5)6;1-3-5-4-2;2-1(3)4/h2-3H2,1H3,(H,5,6);3-4H2,1-2H3;1H. The van der Waals surface area contributed by atoms with Gasteiger partial charge in [0.05, 0.1) is 0 Å². The van der Waals surface area contributed by atoms with Gasteiger partial charge in [-0.1, -0.05) is 41.7 Å². The average Bonchev–Trinajstić information content (AvgIpc) is 2.05. The van der Waals surface area contributed by atoms with E-state index in [4.69, 9.17) is 44.6 Å². The summed E-state index contributed by atoms with van der Waals surface area (Å²) in [6.07, 6.45) is 1.02. The number of carboxylic acids is 1. The van der Waals surface area contributed by atoms with Crippen molar-refractivity contribution in [2.24, 2.45) is 0 Å². The number of carboxylic acid groups (broad SMARTS) is 1. The fraction of sp³-hybridized carbons (Fsp3) is 0.889. The number of aliphatic carboxylic acids is 1. The minimum Gasteiger partial charge on any atom is -0.481 e. The Bertz CT molecular complexity index is 116. The molecule has 3 nitrogen and oxygen atoms in total. The van der Waals surface area contributed by atoms with Crippen LogP contribution in [0.15, 0.2) is 0 Å². The quantitative estimate of drug-likeness (QED) is 0.795. The number of halogens is 3. The highest BCUT2D eigenvalue weighted by Crippen LogP contribution is 2.03. The largest absolute Gasteiger partial charge is 0.481 e. The number of alkyl halides is 3. The molecule has 0 heterocycles. The molecule has 0 atom stereocenters. The van der Waals surface area contributed by atoms with E-state index < -0.39 is 10.3 Å². The number of hydrogen-bond donors (Lipinski definition) is 1. The third-order valence-corrected chi connectivity index (χ3v) is 0.872. The number of rotatable bonds is 4. The summed E-state index contributed by atoms with van der Waals surface area (Å²) in [5.74, 6) is -0.711. The van der Waals surface area contributed by atoms with Gasteiger partial charge < -0.3 is 9.84 Å². The molecular weight excluding hydrogens is 262 g/mol. The maximum atomic E-state index is 9.60. The molecule has 0 aromatic heterocycles. The summed E-state index contributed by atoms with van der Waals surface area (Å²) in [4.78, 5) is 9.60. The lowest BCUT2D eigenvalue weighted by Gasteiger charge is -1.86. The van der Waals surface area contributed by atoms with Crippen molar-refractivity contribution >= 4 is 40.8 Å². The topological polar surface area (TPSA) is 46.5 Å². The van der Waals surface area contributed by atoms with Gasteiger partial charge in [-0.2, -0.15) is 0 Å². The molecule has 94 valence electrons. The summed E-state index contributed by atoms with van der Waals surface area (Å²) in [7, 11) is 0. The summed E-state index contributed by atoms with van der Waals surface area (Å²) < 4.78 is 4.08. The highest BCUT2D eigenvalue weighted by Gasteiger charge is 1.87. The SMILES string of the molecule is CCCC(=O)O.CCOCC.ClC(Cl)Cl. The van der Waals surface area contributed by atoms with Crippen LogP contribution in [0.5, 0.6) is 0 Å². The predicted molar refractivity (Wildman–Crippen MR) is 66.1 cm³/mol. The van der Waals surface area contributed by atoms with Gasteiger partial charge in [0.1, 0.15) is 0 Å². The van der Waals surface area contributed by atoms with Crippen LogP contribution in [0.4, 0.5) is 0 Å². The Morgan fingerprint density at radius 1 is 1.20 bits per heavy atom. The van der Waals surface area contributed by atoms with Crippen LogP contribution < -0.4 is 0 Å². The number of carbonyl (C=O) groups is 1. The number of hydrogen-bond acceptors (Lipinski definition) is 2. The molecule has 0 spiro atoms. The molecule has 0 aliphatic carbocycles. The molecule has 0 radical (unpaired) electrons. The minimum atomic E-state index is -0.750. The van der Waals surface area contributed by atoms with Crippen molar-refractivity contribution < 1.29 is 14.6 Å².